The molecule has 0 aromatic heterocycles. The lowest BCUT2D eigenvalue weighted by Crippen LogP contribution is -1.96. The van der Waals surface area contributed by atoms with Crippen LogP contribution in [-0.2, 0) is 0 Å². The zero-order chi connectivity index (χ0) is 9.56. The molecule has 0 aliphatic carbocycles. The summed E-state index contributed by atoms with van der Waals surface area (Å²) in [4.78, 5) is 0. The van der Waals surface area contributed by atoms with Crippen LogP contribution in [0.25, 0.3) is 0 Å². The predicted octanol–water partition coefficient (Wildman–Crippen LogP) is 1.85. The lowest BCUT2D eigenvalue weighted by molar-refractivity contribution is 0.636. The highest BCUT2D eigenvalue weighted by atomic mass is 32.1. The lowest BCUT2D eigenvalue weighted by atomic mass is 10.2. The molecular weight excluding hydrogens is 190 g/mol. The molecular formula is C9H10FPS. The van der Waals surface area contributed by atoms with Gasteiger partial charge in [0.2, 0.25) is 0 Å². The average molecular weight is 200 g/mol. The van der Waals surface area contributed by atoms with Crippen LogP contribution in [-0.4, -0.2) is 6.26 Å². The Bertz CT molecular complexity index is 291. The number of rotatable bonds is 0. The molecule has 64 valence electrons. The normalized spacial score (nSPS) is 7.92. The minimum atomic E-state index is -0.277. The topological polar surface area (TPSA) is 0 Å². The molecule has 1 unspecified atom stereocenters. The molecule has 0 bridgehead atoms. The number of benzene rings is 1. The van der Waals surface area contributed by atoms with Crippen LogP contribution in [0.2, 0.25) is 0 Å². The van der Waals surface area contributed by atoms with Crippen molar-refractivity contribution in [1.29, 1.82) is 0 Å². The summed E-state index contributed by atoms with van der Waals surface area (Å²) in [6.07, 6.45) is 6.74. The molecule has 3 heteroatoms. The molecule has 0 radical (unpaired) electrons. The zero-order valence-electron chi connectivity index (χ0n) is 6.71. The lowest BCUT2D eigenvalue weighted by Gasteiger charge is -1.94. The molecule has 1 rings (SSSR count). The fraction of sp³-hybridized carbons (Fsp3) is 0.111. The van der Waals surface area contributed by atoms with Crippen molar-refractivity contribution in [2.75, 3.05) is 6.26 Å². The van der Waals surface area contributed by atoms with Gasteiger partial charge >= 0.3 is 0 Å². The highest BCUT2D eigenvalue weighted by Gasteiger charge is 1.95. The van der Waals surface area contributed by atoms with Gasteiger partial charge < -0.3 is 0 Å². The average Bonchev–Trinajstić information content (AvgIpc) is 2.13. The van der Waals surface area contributed by atoms with Crippen molar-refractivity contribution < 1.29 is 4.39 Å². The number of thiol groups is 1. The van der Waals surface area contributed by atoms with Crippen molar-refractivity contribution in [1.82, 2.24) is 0 Å². The Morgan fingerprint density at radius 3 is 2.50 bits per heavy atom. The second kappa shape index (κ2) is 6.06. The predicted molar refractivity (Wildman–Crippen MR) is 58.6 cm³/mol. The summed E-state index contributed by atoms with van der Waals surface area (Å²) in [5, 5.41) is 0.541. The minimum absolute atomic E-state index is 0.277. The number of hydrogen-bond acceptors (Lipinski definition) is 1. The van der Waals surface area contributed by atoms with Gasteiger partial charge in [0.25, 0.3) is 0 Å². The van der Waals surface area contributed by atoms with E-state index < -0.39 is 0 Å². The van der Waals surface area contributed by atoms with Gasteiger partial charge in [0, 0.05) is 10.9 Å². The van der Waals surface area contributed by atoms with Crippen LogP contribution in [0.5, 0.6) is 0 Å². The molecule has 12 heavy (non-hydrogen) atoms. The first kappa shape index (κ1) is 11.5. The Morgan fingerprint density at radius 1 is 1.50 bits per heavy atom. The summed E-state index contributed by atoms with van der Waals surface area (Å²) in [6, 6.07) is 4.67. The molecule has 1 aromatic carbocycles. The quantitative estimate of drug-likeness (QED) is 0.369. The molecule has 0 aliphatic heterocycles. The van der Waals surface area contributed by atoms with Crippen molar-refractivity contribution in [2.24, 2.45) is 0 Å². The van der Waals surface area contributed by atoms with Crippen molar-refractivity contribution >= 4 is 27.2 Å². The SMILES string of the molecule is C#Cc1ccc(P)c(F)c1.CS. The largest absolute Gasteiger partial charge is 0.206 e. The smallest absolute Gasteiger partial charge is 0.131 e. The maximum Gasteiger partial charge on any atom is 0.131 e. The van der Waals surface area contributed by atoms with E-state index >= 15 is 0 Å². The van der Waals surface area contributed by atoms with Crippen LogP contribution >= 0.6 is 21.9 Å². The maximum atomic E-state index is 12.6. The van der Waals surface area contributed by atoms with Crippen molar-refractivity contribution in [3.8, 4) is 12.3 Å². The van der Waals surface area contributed by atoms with Gasteiger partial charge in [-0.2, -0.15) is 12.6 Å². The van der Waals surface area contributed by atoms with E-state index in [9.17, 15) is 4.39 Å². The number of terminal acetylenes is 1. The van der Waals surface area contributed by atoms with E-state index in [1.54, 1.807) is 18.4 Å². The number of hydrogen-bond donors (Lipinski definition) is 1. The second-order valence-electron chi connectivity index (χ2n) is 1.88. The van der Waals surface area contributed by atoms with Gasteiger partial charge in [0.1, 0.15) is 5.82 Å². The van der Waals surface area contributed by atoms with Crippen LogP contribution in [0.4, 0.5) is 4.39 Å². The minimum Gasteiger partial charge on any atom is -0.206 e. The summed E-state index contributed by atoms with van der Waals surface area (Å²) in [5.41, 5.74) is 0.573. The van der Waals surface area contributed by atoms with E-state index in [4.69, 9.17) is 6.42 Å². The van der Waals surface area contributed by atoms with Gasteiger partial charge in [-0.15, -0.1) is 15.7 Å². The first-order chi connectivity index (χ1) is 5.74. The Kier molecular flexibility index (Phi) is 5.80. The van der Waals surface area contributed by atoms with Gasteiger partial charge in [-0.3, -0.25) is 0 Å². The van der Waals surface area contributed by atoms with E-state index in [1.807, 2.05) is 0 Å². The molecule has 0 nitrogen and oxygen atoms in total. The van der Waals surface area contributed by atoms with Crippen LogP contribution in [0.15, 0.2) is 18.2 Å². The summed E-state index contributed by atoms with van der Waals surface area (Å²) in [6.45, 7) is 0. The van der Waals surface area contributed by atoms with Crippen LogP contribution < -0.4 is 5.30 Å². The molecule has 0 heterocycles. The third kappa shape index (κ3) is 3.26. The van der Waals surface area contributed by atoms with Crippen LogP contribution in [0.3, 0.4) is 0 Å². The Labute approximate surface area is 80.2 Å². The fourth-order valence-corrected chi connectivity index (χ4v) is 0.796. The van der Waals surface area contributed by atoms with Gasteiger partial charge in [-0.1, -0.05) is 12.0 Å². The Hall–Kier alpha value is -0.510. The van der Waals surface area contributed by atoms with Crippen molar-refractivity contribution in [2.45, 2.75) is 0 Å². The molecule has 0 aliphatic rings. The van der Waals surface area contributed by atoms with Crippen LogP contribution in [0.1, 0.15) is 5.56 Å². The number of halogens is 1. The van der Waals surface area contributed by atoms with E-state index in [-0.39, 0.29) is 5.82 Å². The Balaban J connectivity index is 0.000000561. The third-order valence-electron chi connectivity index (χ3n) is 1.17. The van der Waals surface area contributed by atoms with E-state index in [0.29, 0.717) is 10.9 Å². The van der Waals surface area contributed by atoms with Gasteiger partial charge in [-0.25, -0.2) is 4.39 Å². The summed E-state index contributed by atoms with van der Waals surface area (Å²) in [5.74, 6) is 2.07. The molecule has 1 aromatic rings. The van der Waals surface area contributed by atoms with E-state index in [0.717, 1.165) is 0 Å². The zero-order valence-corrected chi connectivity index (χ0v) is 8.76. The van der Waals surface area contributed by atoms with Gasteiger partial charge in [-0.05, 0) is 18.4 Å². The monoisotopic (exact) mass is 200 g/mol. The van der Waals surface area contributed by atoms with E-state index in [2.05, 4.69) is 27.8 Å². The molecule has 0 amide bonds. The van der Waals surface area contributed by atoms with Gasteiger partial charge in [0.15, 0.2) is 0 Å². The first-order valence-electron chi connectivity index (χ1n) is 3.20. The molecule has 0 spiro atoms. The molecule has 0 saturated carbocycles. The molecule has 0 N–H and O–H groups in total. The maximum absolute atomic E-state index is 12.6. The van der Waals surface area contributed by atoms with Crippen molar-refractivity contribution in [3.05, 3.63) is 29.6 Å². The Morgan fingerprint density at radius 2 is 2.08 bits per heavy atom. The van der Waals surface area contributed by atoms with E-state index in [1.165, 1.54) is 6.07 Å². The van der Waals surface area contributed by atoms with Crippen LogP contribution in [0, 0.1) is 18.2 Å². The van der Waals surface area contributed by atoms with Gasteiger partial charge in [0.05, 0.1) is 0 Å². The molecule has 0 saturated heterocycles. The third-order valence-corrected chi connectivity index (χ3v) is 1.64. The summed E-state index contributed by atoms with van der Waals surface area (Å²) in [7, 11) is 2.29. The standard InChI is InChI=1S/C8H6FP.CH4S/c1-2-6-3-4-8(10)7(9)5-6;1-2/h1,3-5H,10H2;2H,1H3. The highest BCUT2D eigenvalue weighted by molar-refractivity contribution is 7.79. The molecule has 0 fully saturated rings. The second-order valence-corrected chi connectivity index (χ2v) is 2.50. The fourth-order valence-electron chi connectivity index (χ4n) is 0.617. The highest BCUT2D eigenvalue weighted by Crippen LogP contribution is 2.02. The molecule has 1 atom stereocenters. The summed E-state index contributed by atoms with van der Waals surface area (Å²) >= 11 is 3.53. The first-order valence-corrected chi connectivity index (χ1v) is 4.67. The summed E-state index contributed by atoms with van der Waals surface area (Å²) < 4.78 is 12.6. The van der Waals surface area contributed by atoms with Crippen molar-refractivity contribution in [3.63, 3.8) is 0 Å².